The van der Waals surface area contributed by atoms with Crippen molar-refractivity contribution in [1.29, 1.82) is 0 Å². The van der Waals surface area contributed by atoms with Crippen LogP contribution in [0.15, 0.2) is 53.6 Å². The average molecular weight is 628 g/mol. The number of fused-ring (bicyclic) bond motifs is 2. The summed E-state index contributed by atoms with van der Waals surface area (Å²) in [6.45, 7) is 0.190. The quantitative estimate of drug-likeness (QED) is 0.248. The normalized spacial score (nSPS) is 16.8. The van der Waals surface area contributed by atoms with Crippen molar-refractivity contribution in [3.8, 4) is 5.75 Å². The van der Waals surface area contributed by atoms with E-state index in [0.717, 1.165) is 18.3 Å². The van der Waals surface area contributed by atoms with E-state index in [9.17, 15) is 32.8 Å². The van der Waals surface area contributed by atoms with E-state index in [-0.39, 0.29) is 43.5 Å². The highest BCUT2D eigenvalue weighted by atomic mass is 19.1. The number of nitrogens with one attached hydrogen (secondary N) is 2. The van der Waals surface area contributed by atoms with Gasteiger partial charge in [-0.3, -0.25) is 24.2 Å². The molecule has 0 bridgehead atoms. The lowest BCUT2D eigenvalue weighted by Crippen LogP contribution is -2.49. The molecule has 3 aromatic rings. The Morgan fingerprint density at radius 1 is 1.09 bits per heavy atom. The number of carbonyl (C=O) groups excluding carboxylic acids is 4. The first kappa shape index (κ1) is 31.1. The fourth-order valence-corrected chi connectivity index (χ4v) is 4.74. The second-order valence-electron chi connectivity index (χ2n) is 10.0. The molecule has 2 aliphatic heterocycles. The molecule has 2 aliphatic rings. The van der Waals surface area contributed by atoms with Gasteiger partial charge in [-0.15, -0.1) is 0 Å². The van der Waals surface area contributed by atoms with Gasteiger partial charge < -0.3 is 39.0 Å². The molecular formula is C29H27F2N5O9. The summed E-state index contributed by atoms with van der Waals surface area (Å²) in [4.78, 5) is 69.5. The van der Waals surface area contributed by atoms with E-state index in [1.165, 1.54) is 9.47 Å². The van der Waals surface area contributed by atoms with Gasteiger partial charge in [-0.05, 0) is 25.1 Å². The molecule has 16 heteroatoms. The molecule has 0 unspecified atom stereocenters. The molecule has 0 radical (unpaired) electrons. The number of hydrogen-bond acceptors (Lipinski definition) is 10. The van der Waals surface area contributed by atoms with Crippen LogP contribution in [0.25, 0.3) is 0 Å². The van der Waals surface area contributed by atoms with Crippen molar-refractivity contribution in [2.75, 3.05) is 20.0 Å². The highest BCUT2D eigenvalue weighted by molar-refractivity contribution is 5.99. The van der Waals surface area contributed by atoms with Crippen molar-refractivity contribution in [3.05, 3.63) is 93.2 Å². The van der Waals surface area contributed by atoms with Crippen LogP contribution < -0.4 is 20.8 Å². The van der Waals surface area contributed by atoms with E-state index in [0.29, 0.717) is 11.8 Å². The summed E-state index contributed by atoms with van der Waals surface area (Å²) < 4.78 is 49.3. The van der Waals surface area contributed by atoms with E-state index in [1.807, 2.05) is 0 Å². The number of rotatable bonds is 10. The van der Waals surface area contributed by atoms with Crippen LogP contribution in [-0.4, -0.2) is 70.6 Å². The summed E-state index contributed by atoms with van der Waals surface area (Å²) in [7, 11) is 0. The maximum absolute atomic E-state index is 14.1. The molecule has 1 saturated heterocycles. The van der Waals surface area contributed by atoms with Crippen LogP contribution in [0.4, 0.5) is 13.6 Å². The van der Waals surface area contributed by atoms with Crippen LogP contribution in [0, 0.1) is 11.6 Å². The zero-order chi connectivity index (χ0) is 32.1. The second kappa shape index (κ2) is 13.5. The third kappa shape index (κ3) is 7.06. The number of benzene rings is 1. The fourth-order valence-electron chi connectivity index (χ4n) is 4.74. The van der Waals surface area contributed by atoms with Crippen LogP contribution in [0.1, 0.15) is 39.0 Å². The van der Waals surface area contributed by atoms with Crippen molar-refractivity contribution >= 4 is 23.9 Å². The van der Waals surface area contributed by atoms with Crippen molar-refractivity contribution in [2.45, 2.75) is 38.8 Å². The molecular weight excluding hydrogens is 600 g/mol. The van der Waals surface area contributed by atoms with Gasteiger partial charge in [-0.1, -0.05) is 12.1 Å². The maximum atomic E-state index is 14.1. The van der Waals surface area contributed by atoms with Crippen LogP contribution in [0.2, 0.25) is 0 Å². The van der Waals surface area contributed by atoms with Crippen molar-refractivity contribution in [1.82, 2.24) is 25.1 Å². The Kier molecular flexibility index (Phi) is 9.32. The lowest BCUT2D eigenvalue weighted by molar-refractivity contribution is -0.125. The van der Waals surface area contributed by atoms with Gasteiger partial charge in [0.1, 0.15) is 17.2 Å². The minimum absolute atomic E-state index is 0.0317. The molecule has 14 nitrogen and oxygen atoms in total. The first-order valence-electron chi connectivity index (χ1n) is 13.6. The largest absolute Gasteiger partial charge is 0.511 e. The van der Waals surface area contributed by atoms with Crippen molar-refractivity contribution in [3.63, 3.8) is 0 Å². The summed E-state index contributed by atoms with van der Waals surface area (Å²) in [6.07, 6.45) is 0.733. The number of aromatic nitrogens is 2. The minimum Gasteiger partial charge on any atom is -0.451 e. The SMILES string of the molecule is C[C@H]1CO[C@@H]2Cn3cc(C(=O)NCc4ccc(F)cc4F)c(=O)c(OCOC(=O)OCC(=O)NCc4ccccn4)c3C(=O)N12. The van der Waals surface area contributed by atoms with Gasteiger partial charge in [0.15, 0.2) is 18.5 Å². The Labute approximate surface area is 253 Å². The summed E-state index contributed by atoms with van der Waals surface area (Å²) in [6, 6.07) is 7.65. The molecule has 0 spiro atoms. The van der Waals surface area contributed by atoms with E-state index in [1.54, 1.807) is 31.3 Å². The molecule has 45 heavy (non-hydrogen) atoms. The van der Waals surface area contributed by atoms with E-state index >= 15 is 0 Å². The van der Waals surface area contributed by atoms with Gasteiger partial charge >= 0.3 is 6.16 Å². The maximum Gasteiger partial charge on any atom is 0.511 e. The highest BCUT2D eigenvalue weighted by Crippen LogP contribution is 2.30. The highest BCUT2D eigenvalue weighted by Gasteiger charge is 2.43. The van der Waals surface area contributed by atoms with Gasteiger partial charge in [-0.2, -0.15) is 0 Å². The molecule has 5 rings (SSSR count). The summed E-state index contributed by atoms with van der Waals surface area (Å²) in [5.74, 6) is -4.46. The number of nitrogens with zero attached hydrogens (tertiary/aromatic N) is 3. The number of pyridine rings is 2. The van der Waals surface area contributed by atoms with Crippen LogP contribution in [-0.2, 0) is 38.6 Å². The van der Waals surface area contributed by atoms with Gasteiger partial charge in [0, 0.05) is 30.6 Å². The molecule has 3 amide bonds. The second-order valence-corrected chi connectivity index (χ2v) is 10.0. The van der Waals surface area contributed by atoms with E-state index in [2.05, 4.69) is 15.6 Å². The molecule has 0 aliphatic carbocycles. The molecule has 1 fully saturated rings. The zero-order valence-electron chi connectivity index (χ0n) is 23.8. The first-order valence-corrected chi connectivity index (χ1v) is 13.6. The predicted molar refractivity (Wildman–Crippen MR) is 148 cm³/mol. The monoisotopic (exact) mass is 627 g/mol. The predicted octanol–water partition coefficient (Wildman–Crippen LogP) is 1.46. The summed E-state index contributed by atoms with van der Waals surface area (Å²) in [5, 5.41) is 4.90. The molecule has 0 saturated carbocycles. The number of ether oxygens (including phenoxy) is 4. The summed E-state index contributed by atoms with van der Waals surface area (Å²) >= 11 is 0. The lowest BCUT2D eigenvalue weighted by atomic mass is 10.1. The van der Waals surface area contributed by atoms with Crippen molar-refractivity contribution < 1.29 is 46.9 Å². The molecule has 1 aromatic carbocycles. The topological polar surface area (TPSA) is 167 Å². The molecule has 2 aromatic heterocycles. The van der Waals surface area contributed by atoms with E-state index < -0.39 is 71.9 Å². The third-order valence-corrected chi connectivity index (χ3v) is 6.94. The molecule has 2 N–H and O–H groups in total. The first-order chi connectivity index (χ1) is 21.6. The van der Waals surface area contributed by atoms with Crippen molar-refractivity contribution in [2.24, 2.45) is 0 Å². The average Bonchev–Trinajstić information content (AvgIpc) is 3.40. The third-order valence-electron chi connectivity index (χ3n) is 6.94. The van der Waals surface area contributed by atoms with Crippen LogP contribution in [0.3, 0.4) is 0 Å². The fraction of sp³-hybridized carbons (Fsp3) is 0.310. The Balaban J connectivity index is 1.27. The Hall–Kier alpha value is -5.38. The zero-order valence-corrected chi connectivity index (χ0v) is 23.8. The molecule has 236 valence electrons. The number of halogens is 2. The Morgan fingerprint density at radius 3 is 2.67 bits per heavy atom. The molecule has 2 atom stereocenters. The van der Waals surface area contributed by atoms with E-state index in [4.69, 9.17) is 18.9 Å². The Bertz CT molecular complexity index is 1680. The molecule has 4 heterocycles. The smallest absolute Gasteiger partial charge is 0.451 e. The minimum atomic E-state index is -1.31. The Morgan fingerprint density at radius 2 is 1.91 bits per heavy atom. The van der Waals surface area contributed by atoms with Crippen LogP contribution in [0.5, 0.6) is 5.75 Å². The van der Waals surface area contributed by atoms with Gasteiger partial charge in [-0.25, -0.2) is 13.6 Å². The standard InChI is InChI=1S/C29H27F2N5O9/c1-16-13-42-23-12-35-11-20(27(39)34-9-17-5-6-18(30)8-21(17)31)25(38)26(24(35)28(40)36(16)23)44-15-45-29(41)43-14-22(37)33-10-19-4-2-3-7-32-19/h2-8,11,16,23H,9-10,12-15H2,1H3,(H,33,37)(H,34,39)/t16-,23+/m0/s1. The number of carbonyl (C=O) groups is 4. The number of hydrogen-bond donors (Lipinski definition) is 2. The lowest BCUT2D eigenvalue weighted by Gasteiger charge is -2.34. The van der Waals surface area contributed by atoms with Gasteiger partial charge in [0.05, 0.1) is 31.4 Å². The van der Waals surface area contributed by atoms with Gasteiger partial charge in [0.25, 0.3) is 17.7 Å². The summed E-state index contributed by atoms with van der Waals surface area (Å²) in [5.41, 5.74) is -1.12. The van der Waals surface area contributed by atoms with Crippen LogP contribution >= 0.6 is 0 Å². The van der Waals surface area contributed by atoms with Gasteiger partial charge in [0.2, 0.25) is 18.0 Å². The number of amides is 3.